The molecule has 7 nitrogen and oxygen atoms in total. The molecule has 1 amide bonds. The molecule has 2 aliphatic rings. The molecule has 1 aliphatic carbocycles. The third kappa shape index (κ3) is 4.28. The second-order valence-electron chi connectivity index (χ2n) is 7.53. The van der Waals surface area contributed by atoms with E-state index in [0.29, 0.717) is 36.3 Å². The Morgan fingerprint density at radius 1 is 1.11 bits per heavy atom. The van der Waals surface area contributed by atoms with Crippen LogP contribution in [-0.2, 0) is 19.4 Å². The predicted molar refractivity (Wildman–Crippen MR) is 103 cm³/mol. The quantitative estimate of drug-likeness (QED) is 0.761. The Hall–Kier alpha value is -2.19. The van der Waals surface area contributed by atoms with Crippen molar-refractivity contribution in [2.24, 2.45) is 5.92 Å². The van der Waals surface area contributed by atoms with E-state index < -0.39 is 15.8 Å². The zero-order valence-corrected chi connectivity index (χ0v) is 16.4. The number of benzene rings is 1. The summed E-state index contributed by atoms with van der Waals surface area (Å²) in [6.07, 6.45) is 5.39. The lowest BCUT2D eigenvalue weighted by Gasteiger charge is -2.26. The Morgan fingerprint density at radius 3 is 2.43 bits per heavy atom. The van der Waals surface area contributed by atoms with E-state index in [1.165, 1.54) is 6.26 Å². The van der Waals surface area contributed by atoms with Gasteiger partial charge in [-0.2, -0.15) is 0 Å². The second-order valence-corrected chi connectivity index (χ2v) is 9.76. The molecule has 0 radical (unpaired) electrons. The predicted octanol–water partition coefficient (Wildman–Crippen LogP) is 3.15. The molecular formula is C20H24N2O5S. The van der Waals surface area contributed by atoms with E-state index in [-0.39, 0.29) is 11.2 Å². The number of nitrogens with zero attached hydrogens (tertiary/aromatic N) is 1. The average molecular weight is 404 g/mol. The van der Waals surface area contributed by atoms with Crippen molar-refractivity contribution in [3.8, 4) is 0 Å². The van der Waals surface area contributed by atoms with Gasteiger partial charge in [0.1, 0.15) is 6.26 Å². The van der Waals surface area contributed by atoms with Crippen LogP contribution >= 0.6 is 0 Å². The molecule has 2 aromatic rings. The molecule has 0 spiro atoms. The van der Waals surface area contributed by atoms with Gasteiger partial charge in [0, 0.05) is 19.3 Å². The first kappa shape index (κ1) is 19.1. The molecule has 28 heavy (non-hydrogen) atoms. The van der Waals surface area contributed by atoms with Crippen molar-refractivity contribution >= 4 is 21.6 Å². The molecule has 2 heterocycles. The molecule has 1 saturated carbocycles. The summed E-state index contributed by atoms with van der Waals surface area (Å²) in [6.45, 7) is 1.42. The summed E-state index contributed by atoms with van der Waals surface area (Å²) in [7, 11) is -3.24. The maximum absolute atomic E-state index is 12.9. The largest absolute Gasteiger partial charge is 0.381 e. The molecule has 1 aromatic heterocycles. The minimum atomic E-state index is -3.24. The van der Waals surface area contributed by atoms with Crippen LogP contribution in [0.25, 0.3) is 0 Å². The molecule has 8 heteroatoms. The molecule has 1 N–H and O–H groups in total. The van der Waals surface area contributed by atoms with Gasteiger partial charge in [0.15, 0.2) is 15.7 Å². The first-order valence-electron chi connectivity index (χ1n) is 9.67. The van der Waals surface area contributed by atoms with Crippen LogP contribution in [0, 0.1) is 5.92 Å². The van der Waals surface area contributed by atoms with E-state index in [2.05, 4.69) is 10.5 Å². The van der Waals surface area contributed by atoms with Gasteiger partial charge in [0.25, 0.3) is 0 Å². The zero-order chi connectivity index (χ0) is 19.6. The topological polar surface area (TPSA) is 98.5 Å². The van der Waals surface area contributed by atoms with Gasteiger partial charge in [0.05, 0.1) is 16.1 Å². The molecule has 1 saturated heterocycles. The van der Waals surface area contributed by atoms with Gasteiger partial charge < -0.3 is 14.6 Å². The van der Waals surface area contributed by atoms with Gasteiger partial charge in [-0.05, 0) is 55.7 Å². The van der Waals surface area contributed by atoms with Crippen LogP contribution in [0.2, 0.25) is 0 Å². The van der Waals surface area contributed by atoms with Crippen molar-refractivity contribution < 1.29 is 22.5 Å². The number of nitrogens with one attached hydrogen (secondary N) is 1. The van der Waals surface area contributed by atoms with Crippen LogP contribution in [-0.4, -0.2) is 37.9 Å². The van der Waals surface area contributed by atoms with Crippen molar-refractivity contribution in [1.82, 2.24) is 5.16 Å². The van der Waals surface area contributed by atoms with E-state index in [4.69, 9.17) is 9.26 Å². The van der Waals surface area contributed by atoms with Gasteiger partial charge in [0.2, 0.25) is 5.91 Å². The number of ether oxygens (including phenoxy) is 1. The maximum atomic E-state index is 12.9. The smallest absolute Gasteiger partial charge is 0.233 e. The summed E-state index contributed by atoms with van der Waals surface area (Å²) in [6, 6.07) is 8.38. The Labute approximate surface area is 164 Å². The first-order valence-corrected chi connectivity index (χ1v) is 11.2. The number of amides is 1. The molecule has 0 bridgehead atoms. The van der Waals surface area contributed by atoms with Crippen LogP contribution in [0.1, 0.15) is 43.6 Å². The van der Waals surface area contributed by atoms with Crippen molar-refractivity contribution in [1.29, 1.82) is 0 Å². The van der Waals surface area contributed by atoms with Crippen molar-refractivity contribution in [2.75, 3.05) is 18.5 Å². The Balaban J connectivity index is 1.55. The highest BCUT2D eigenvalue weighted by atomic mass is 32.2. The van der Waals surface area contributed by atoms with Crippen LogP contribution in [0.15, 0.2) is 46.0 Å². The zero-order valence-electron chi connectivity index (χ0n) is 15.5. The fourth-order valence-electron chi connectivity index (χ4n) is 3.66. The third-order valence-corrected chi connectivity index (χ3v) is 7.77. The molecular weight excluding hydrogens is 380 g/mol. The molecule has 1 aliphatic heterocycles. The molecule has 150 valence electrons. The summed E-state index contributed by atoms with van der Waals surface area (Å²) in [4.78, 5) is 13.3. The highest BCUT2D eigenvalue weighted by molar-refractivity contribution is 7.92. The lowest BCUT2D eigenvalue weighted by Crippen LogP contribution is -2.26. The number of sulfone groups is 1. The lowest BCUT2D eigenvalue weighted by atomic mass is 9.84. The van der Waals surface area contributed by atoms with Gasteiger partial charge in [-0.1, -0.05) is 17.3 Å². The Morgan fingerprint density at radius 2 is 1.82 bits per heavy atom. The van der Waals surface area contributed by atoms with Gasteiger partial charge >= 0.3 is 0 Å². The number of carbonyl (C=O) groups is 1. The number of aromatic nitrogens is 1. The van der Waals surface area contributed by atoms with Crippen LogP contribution in [0.3, 0.4) is 0 Å². The van der Waals surface area contributed by atoms with Crippen LogP contribution < -0.4 is 5.32 Å². The van der Waals surface area contributed by atoms with Crippen molar-refractivity contribution in [3.63, 3.8) is 0 Å². The highest BCUT2D eigenvalue weighted by Gasteiger charge is 2.37. The number of anilines is 1. The summed E-state index contributed by atoms with van der Waals surface area (Å²) < 4.78 is 35.1. The SMILES string of the molecule is O=C(Nc1ccon1)[C@H](CC1CCOCC1)c1ccc(S(=O)(=O)C2CC2)cc1. The molecule has 0 unspecified atom stereocenters. The van der Waals surface area contributed by atoms with E-state index in [1.807, 2.05) is 0 Å². The third-order valence-electron chi connectivity index (χ3n) is 5.49. The van der Waals surface area contributed by atoms with Gasteiger partial charge in [-0.3, -0.25) is 4.79 Å². The second kappa shape index (κ2) is 8.05. The number of hydrogen-bond donors (Lipinski definition) is 1. The molecule has 4 rings (SSSR count). The average Bonchev–Trinajstić information content (AvgIpc) is 3.46. The first-order chi connectivity index (χ1) is 13.5. The number of rotatable bonds is 7. The van der Waals surface area contributed by atoms with Crippen LogP contribution in [0.5, 0.6) is 0 Å². The van der Waals surface area contributed by atoms with Crippen molar-refractivity contribution in [2.45, 2.75) is 48.2 Å². The van der Waals surface area contributed by atoms with E-state index in [1.54, 1.807) is 30.3 Å². The summed E-state index contributed by atoms with van der Waals surface area (Å²) >= 11 is 0. The van der Waals surface area contributed by atoms with Crippen LogP contribution in [0.4, 0.5) is 5.82 Å². The van der Waals surface area contributed by atoms with Gasteiger partial charge in [-0.15, -0.1) is 0 Å². The molecule has 1 aromatic carbocycles. The summed E-state index contributed by atoms with van der Waals surface area (Å²) in [5.41, 5.74) is 0.808. The molecule has 2 fully saturated rings. The van der Waals surface area contributed by atoms with E-state index in [9.17, 15) is 13.2 Å². The normalized spacial score (nSPS) is 19.3. The fraction of sp³-hybridized carbons (Fsp3) is 0.500. The summed E-state index contributed by atoms with van der Waals surface area (Å²) in [5.74, 6) is 0.197. The standard InChI is InChI=1S/C20H24N2O5S/c23-20(21-19-9-12-27-22-19)18(13-14-7-10-26-11-8-14)15-1-3-16(4-2-15)28(24,25)17-5-6-17/h1-4,9,12,14,17-18H,5-8,10-11,13H2,(H,21,22,23)/t18-/m1/s1. The number of carbonyl (C=O) groups excluding carboxylic acids is 1. The minimum Gasteiger partial charge on any atom is -0.381 e. The monoisotopic (exact) mass is 404 g/mol. The lowest BCUT2D eigenvalue weighted by molar-refractivity contribution is -0.118. The van der Waals surface area contributed by atoms with E-state index in [0.717, 1.165) is 31.2 Å². The Kier molecular flexibility index (Phi) is 5.50. The summed E-state index contributed by atoms with van der Waals surface area (Å²) in [5, 5.41) is 6.29. The maximum Gasteiger partial charge on any atom is 0.233 e. The minimum absolute atomic E-state index is 0.168. The molecule has 1 atom stereocenters. The van der Waals surface area contributed by atoms with Crippen molar-refractivity contribution in [3.05, 3.63) is 42.2 Å². The van der Waals surface area contributed by atoms with E-state index >= 15 is 0 Å². The highest BCUT2D eigenvalue weighted by Crippen LogP contribution is 2.35. The fourth-order valence-corrected chi connectivity index (χ4v) is 5.32. The number of hydrogen-bond acceptors (Lipinski definition) is 6. The Bertz CT molecular complexity index is 899. The van der Waals surface area contributed by atoms with Gasteiger partial charge in [-0.25, -0.2) is 8.42 Å².